The van der Waals surface area contributed by atoms with Gasteiger partial charge >= 0.3 is 0 Å². The van der Waals surface area contributed by atoms with Crippen LogP contribution in [-0.2, 0) is 33.6 Å². The summed E-state index contributed by atoms with van der Waals surface area (Å²) < 4.78 is 36.6. The first-order valence-electron chi connectivity index (χ1n) is 6.73. The molecule has 22 heavy (non-hydrogen) atoms. The van der Waals surface area contributed by atoms with Gasteiger partial charge in [-0.25, -0.2) is 4.39 Å². The van der Waals surface area contributed by atoms with Crippen molar-refractivity contribution in [1.29, 1.82) is 0 Å². The van der Waals surface area contributed by atoms with Crippen LogP contribution in [0.25, 0.3) is 0 Å². The van der Waals surface area contributed by atoms with Crippen molar-refractivity contribution in [1.82, 2.24) is 0 Å². The first-order chi connectivity index (χ1) is 10.6. The predicted molar refractivity (Wildman–Crippen MR) is 83.7 cm³/mol. The molecule has 1 unspecified atom stereocenters. The molecule has 116 valence electrons. The fraction of sp³-hybridized carbons (Fsp3) is 0.250. The maximum Gasteiger partial charge on any atom is 0.189 e. The van der Waals surface area contributed by atoms with Crippen LogP contribution >= 0.6 is 11.6 Å². The molecule has 0 aliphatic carbocycles. The lowest BCUT2D eigenvalue weighted by Gasteiger charge is -2.20. The Hall–Kier alpha value is -1.43. The summed E-state index contributed by atoms with van der Waals surface area (Å²) in [7, 11) is -1.21. The van der Waals surface area contributed by atoms with E-state index in [2.05, 4.69) is 0 Å². The molecule has 3 nitrogen and oxygen atoms in total. The van der Waals surface area contributed by atoms with Crippen LogP contribution < -0.4 is 4.74 Å². The molecule has 0 saturated heterocycles. The van der Waals surface area contributed by atoms with Gasteiger partial charge in [0.25, 0.3) is 0 Å². The minimum atomic E-state index is -1.21. The van der Waals surface area contributed by atoms with E-state index in [4.69, 9.17) is 21.1 Å². The Bertz CT molecular complexity index is 721. The van der Waals surface area contributed by atoms with Crippen molar-refractivity contribution in [3.63, 3.8) is 0 Å². The number of benzene rings is 2. The number of halogens is 2. The van der Waals surface area contributed by atoms with Gasteiger partial charge in [0.05, 0.1) is 18.1 Å². The van der Waals surface area contributed by atoms with Crippen LogP contribution in [0.2, 0.25) is 5.02 Å². The maximum atomic E-state index is 13.7. The number of fused-ring (bicyclic) bond motifs is 1. The van der Waals surface area contributed by atoms with Crippen LogP contribution in [0.5, 0.6) is 5.75 Å². The molecule has 0 bridgehead atoms. The lowest BCUT2D eigenvalue weighted by Crippen LogP contribution is -2.14. The molecule has 1 heterocycles. The lowest BCUT2D eigenvalue weighted by atomic mass is 10.1. The molecule has 1 aliphatic heterocycles. The molecule has 0 N–H and O–H groups in total. The molecule has 0 fully saturated rings. The van der Waals surface area contributed by atoms with Crippen LogP contribution in [0.4, 0.5) is 4.39 Å². The third-order valence-electron chi connectivity index (χ3n) is 3.34. The Labute approximate surface area is 135 Å². The molecule has 1 aliphatic rings. The third kappa shape index (κ3) is 3.48. The molecule has 0 amide bonds. The van der Waals surface area contributed by atoms with Crippen molar-refractivity contribution < 1.29 is 18.1 Å². The van der Waals surface area contributed by atoms with Crippen LogP contribution in [-0.4, -0.2) is 11.0 Å². The standard InChI is InChI=1S/C16H14ClFO3S/c17-15-4-2-1-3-11(15)8-22(19)9-13-6-14(18)5-12-7-20-10-21-16(12)13/h1-6H,7-10H2. The molecular weight excluding hydrogens is 327 g/mol. The lowest BCUT2D eigenvalue weighted by molar-refractivity contribution is -0.0171. The third-order valence-corrected chi connectivity index (χ3v) is 4.98. The Kier molecular flexibility index (Phi) is 4.76. The quantitative estimate of drug-likeness (QED) is 0.849. The molecule has 0 radical (unpaired) electrons. The van der Waals surface area contributed by atoms with Crippen molar-refractivity contribution >= 4 is 22.4 Å². The van der Waals surface area contributed by atoms with Crippen molar-refractivity contribution in [3.8, 4) is 5.75 Å². The average molecular weight is 341 g/mol. The Morgan fingerprint density at radius 3 is 2.77 bits per heavy atom. The van der Waals surface area contributed by atoms with E-state index in [1.165, 1.54) is 12.1 Å². The molecule has 0 spiro atoms. The summed E-state index contributed by atoms with van der Waals surface area (Å²) in [5, 5.41) is 0.585. The fourth-order valence-electron chi connectivity index (χ4n) is 2.38. The summed E-state index contributed by atoms with van der Waals surface area (Å²) in [6.07, 6.45) is 0. The van der Waals surface area contributed by atoms with E-state index >= 15 is 0 Å². The van der Waals surface area contributed by atoms with E-state index in [1.54, 1.807) is 6.07 Å². The summed E-state index contributed by atoms with van der Waals surface area (Å²) in [5.74, 6) is 0.741. The van der Waals surface area contributed by atoms with E-state index < -0.39 is 10.8 Å². The Morgan fingerprint density at radius 1 is 1.18 bits per heavy atom. The summed E-state index contributed by atoms with van der Waals surface area (Å²) in [4.78, 5) is 0. The topological polar surface area (TPSA) is 35.5 Å². The van der Waals surface area contributed by atoms with Crippen molar-refractivity contribution in [2.45, 2.75) is 18.1 Å². The molecule has 2 aromatic carbocycles. The summed E-state index contributed by atoms with van der Waals surface area (Å²) in [6, 6.07) is 10.0. The van der Waals surface area contributed by atoms with Gasteiger partial charge in [-0.15, -0.1) is 0 Å². The Balaban J connectivity index is 1.80. The summed E-state index contributed by atoms with van der Waals surface area (Å²) >= 11 is 6.08. The van der Waals surface area contributed by atoms with Gasteiger partial charge < -0.3 is 9.47 Å². The highest BCUT2D eigenvalue weighted by Gasteiger charge is 2.18. The van der Waals surface area contributed by atoms with Crippen LogP contribution in [0, 0.1) is 5.82 Å². The van der Waals surface area contributed by atoms with Gasteiger partial charge in [-0.1, -0.05) is 29.8 Å². The first kappa shape index (κ1) is 15.5. The average Bonchev–Trinajstić information content (AvgIpc) is 2.49. The van der Waals surface area contributed by atoms with Gasteiger partial charge in [-0.05, 0) is 23.8 Å². The zero-order chi connectivity index (χ0) is 15.5. The summed E-state index contributed by atoms with van der Waals surface area (Å²) in [6.45, 7) is 0.431. The van der Waals surface area contributed by atoms with Gasteiger partial charge in [-0.3, -0.25) is 4.21 Å². The van der Waals surface area contributed by atoms with Crippen molar-refractivity contribution in [2.75, 3.05) is 6.79 Å². The highest BCUT2D eigenvalue weighted by Crippen LogP contribution is 2.31. The van der Waals surface area contributed by atoms with E-state index in [1.807, 2.05) is 18.2 Å². The van der Waals surface area contributed by atoms with Crippen LogP contribution in [0.1, 0.15) is 16.7 Å². The molecular formula is C16H14ClFO3S. The number of hydrogen-bond donors (Lipinski definition) is 0. The monoisotopic (exact) mass is 340 g/mol. The van der Waals surface area contributed by atoms with Gasteiger partial charge in [0.15, 0.2) is 6.79 Å². The number of ether oxygens (including phenoxy) is 2. The van der Waals surface area contributed by atoms with Crippen LogP contribution in [0.3, 0.4) is 0 Å². The zero-order valence-electron chi connectivity index (χ0n) is 11.7. The maximum absolute atomic E-state index is 13.7. The van der Waals surface area contributed by atoms with E-state index in [9.17, 15) is 8.60 Å². The van der Waals surface area contributed by atoms with E-state index in [0.717, 1.165) is 5.56 Å². The van der Waals surface area contributed by atoms with E-state index in [0.29, 0.717) is 34.3 Å². The first-order valence-corrected chi connectivity index (χ1v) is 8.60. The minimum absolute atomic E-state index is 0.128. The van der Waals surface area contributed by atoms with E-state index in [-0.39, 0.29) is 18.4 Å². The molecule has 0 saturated carbocycles. The van der Waals surface area contributed by atoms with Gasteiger partial charge in [0, 0.05) is 26.9 Å². The molecule has 6 heteroatoms. The molecule has 0 aromatic heterocycles. The predicted octanol–water partition coefficient (Wildman–Crippen LogP) is 3.79. The second kappa shape index (κ2) is 6.77. The van der Waals surface area contributed by atoms with Crippen molar-refractivity contribution in [3.05, 3.63) is 63.9 Å². The number of rotatable bonds is 4. The zero-order valence-corrected chi connectivity index (χ0v) is 13.3. The normalized spacial score (nSPS) is 15.0. The van der Waals surface area contributed by atoms with Gasteiger partial charge in [-0.2, -0.15) is 0 Å². The summed E-state index contributed by atoms with van der Waals surface area (Å²) in [5.41, 5.74) is 2.07. The van der Waals surface area contributed by atoms with Gasteiger partial charge in [0.1, 0.15) is 11.6 Å². The second-order valence-corrected chi connectivity index (χ2v) is 6.85. The Morgan fingerprint density at radius 2 is 1.95 bits per heavy atom. The second-order valence-electron chi connectivity index (χ2n) is 4.98. The highest BCUT2D eigenvalue weighted by atomic mass is 35.5. The largest absolute Gasteiger partial charge is 0.467 e. The van der Waals surface area contributed by atoms with Crippen LogP contribution in [0.15, 0.2) is 36.4 Å². The molecule has 1 atom stereocenters. The fourth-order valence-corrected chi connectivity index (χ4v) is 3.92. The van der Waals surface area contributed by atoms with Crippen molar-refractivity contribution in [2.24, 2.45) is 0 Å². The minimum Gasteiger partial charge on any atom is -0.467 e. The SMILES string of the molecule is O=S(Cc1ccccc1Cl)Cc1cc(F)cc2c1OCOC2. The number of hydrogen-bond acceptors (Lipinski definition) is 3. The smallest absolute Gasteiger partial charge is 0.189 e. The molecule has 3 rings (SSSR count). The molecule has 2 aromatic rings. The highest BCUT2D eigenvalue weighted by molar-refractivity contribution is 7.83. The van der Waals surface area contributed by atoms with Gasteiger partial charge in [0.2, 0.25) is 0 Å².